The summed E-state index contributed by atoms with van der Waals surface area (Å²) in [5, 5.41) is 2.09. The highest BCUT2D eigenvalue weighted by Crippen LogP contribution is 2.22. The molecule has 0 fully saturated rings. The average molecular weight is 220 g/mol. The van der Waals surface area contributed by atoms with E-state index >= 15 is 0 Å². The van der Waals surface area contributed by atoms with Gasteiger partial charge in [-0.15, -0.1) is 23.7 Å². The van der Waals surface area contributed by atoms with Gasteiger partial charge in [0.25, 0.3) is 0 Å². The van der Waals surface area contributed by atoms with Crippen LogP contribution >= 0.6 is 23.7 Å². The lowest BCUT2D eigenvalue weighted by Crippen LogP contribution is -2.09. The van der Waals surface area contributed by atoms with Gasteiger partial charge in [-0.25, -0.2) is 0 Å². The summed E-state index contributed by atoms with van der Waals surface area (Å²) in [5.74, 6) is 0.760. The molecule has 1 aromatic heterocycles. The van der Waals surface area contributed by atoms with Crippen LogP contribution in [0.2, 0.25) is 0 Å². The lowest BCUT2D eigenvalue weighted by Gasteiger charge is -2.10. The van der Waals surface area contributed by atoms with Crippen molar-refractivity contribution in [2.75, 3.05) is 0 Å². The standard InChI is InChI=1S/C10H17NS.ClH/c1-8(2)5-6-9(11)10-4-3-7-12-10;/h3-4,7-9H,5-6,11H2,1-2H3;1H/t9-;/m0./s1. The smallest absolute Gasteiger partial charge is 0.0389 e. The first-order valence-electron chi connectivity index (χ1n) is 4.49. The number of thiophene rings is 1. The van der Waals surface area contributed by atoms with E-state index < -0.39 is 0 Å². The van der Waals surface area contributed by atoms with Crippen LogP contribution in [0.3, 0.4) is 0 Å². The maximum absolute atomic E-state index is 6.00. The van der Waals surface area contributed by atoms with E-state index in [0.29, 0.717) is 0 Å². The molecule has 1 rings (SSSR count). The van der Waals surface area contributed by atoms with Gasteiger partial charge < -0.3 is 5.73 Å². The predicted molar refractivity (Wildman–Crippen MR) is 62.6 cm³/mol. The number of rotatable bonds is 4. The van der Waals surface area contributed by atoms with E-state index in [4.69, 9.17) is 5.73 Å². The molecule has 0 amide bonds. The topological polar surface area (TPSA) is 26.0 Å². The van der Waals surface area contributed by atoms with E-state index in [1.807, 2.05) is 0 Å². The van der Waals surface area contributed by atoms with Crippen molar-refractivity contribution in [2.45, 2.75) is 32.7 Å². The summed E-state index contributed by atoms with van der Waals surface area (Å²) >= 11 is 1.76. The van der Waals surface area contributed by atoms with Crippen molar-refractivity contribution in [1.29, 1.82) is 0 Å². The molecule has 0 saturated carbocycles. The van der Waals surface area contributed by atoms with Gasteiger partial charge in [-0.05, 0) is 30.2 Å². The third kappa shape index (κ3) is 4.65. The van der Waals surface area contributed by atoms with Crippen molar-refractivity contribution in [1.82, 2.24) is 0 Å². The van der Waals surface area contributed by atoms with Crippen molar-refractivity contribution >= 4 is 23.7 Å². The van der Waals surface area contributed by atoms with E-state index in [-0.39, 0.29) is 18.4 Å². The highest BCUT2D eigenvalue weighted by Gasteiger charge is 2.06. The molecule has 2 N–H and O–H groups in total. The first-order valence-corrected chi connectivity index (χ1v) is 5.37. The Hall–Kier alpha value is -0.0500. The van der Waals surface area contributed by atoms with Gasteiger partial charge in [-0.2, -0.15) is 0 Å². The Morgan fingerprint density at radius 1 is 1.38 bits per heavy atom. The van der Waals surface area contributed by atoms with Crippen LogP contribution in [0.5, 0.6) is 0 Å². The maximum Gasteiger partial charge on any atom is 0.0389 e. The Morgan fingerprint density at radius 2 is 2.08 bits per heavy atom. The summed E-state index contributed by atoms with van der Waals surface area (Å²) in [6, 6.07) is 4.44. The largest absolute Gasteiger partial charge is 0.323 e. The van der Waals surface area contributed by atoms with Gasteiger partial charge in [-0.3, -0.25) is 0 Å². The second-order valence-electron chi connectivity index (χ2n) is 3.59. The van der Waals surface area contributed by atoms with E-state index in [9.17, 15) is 0 Å². The van der Waals surface area contributed by atoms with Gasteiger partial charge in [0.15, 0.2) is 0 Å². The van der Waals surface area contributed by atoms with Crippen molar-refractivity contribution in [3.05, 3.63) is 22.4 Å². The molecule has 0 saturated heterocycles. The third-order valence-electron chi connectivity index (χ3n) is 1.96. The van der Waals surface area contributed by atoms with Crippen LogP contribution in [0.15, 0.2) is 17.5 Å². The molecule has 0 spiro atoms. The summed E-state index contributed by atoms with van der Waals surface area (Å²) in [4.78, 5) is 1.32. The predicted octanol–water partition coefficient (Wildman–Crippen LogP) is 3.61. The summed E-state index contributed by atoms with van der Waals surface area (Å²) in [7, 11) is 0. The number of halogens is 1. The zero-order chi connectivity index (χ0) is 8.97. The molecule has 0 aromatic carbocycles. The van der Waals surface area contributed by atoms with E-state index in [1.54, 1.807) is 11.3 Å². The molecule has 3 heteroatoms. The van der Waals surface area contributed by atoms with Crippen molar-refractivity contribution in [2.24, 2.45) is 11.7 Å². The minimum atomic E-state index is 0. The van der Waals surface area contributed by atoms with Gasteiger partial charge >= 0.3 is 0 Å². The van der Waals surface area contributed by atoms with Gasteiger partial charge in [0.2, 0.25) is 0 Å². The highest BCUT2D eigenvalue weighted by molar-refractivity contribution is 7.10. The fourth-order valence-electron chi connectivity index (χ4n) is 1.16. The normalized spacial score (nSPS) is 12.6. The van der Waals surface area contributed by atoms with E-state index in [0.717, 1.165) is 12.3 Å². The van der Waals surface area contributed by atoms with Gasteiger partial charge in [0.1, 0.15) is 0 Å². The van der Waals surface area contributed by atoms with Crippen LogP contribution in [0, 0.1) is 5.92 Å². The van der Waals surface area contributed by atoms with Crippen LogP contribution < -0.4 is 5.73 Å². The number of hydrogen-bond donors (Lipinski definition) is 1. The number of nitrogens with two attached hydrogens (primary N) is 1. The van der Waals surface area contributed by atoms with Crippen molar-refractivity contribution in [3.63, 3.8) is 0 Å². The third-order valence-corrected chi connectivity index (χ3v) is 2.97. The maximum atomic E-state index is 6.00. The molecule has 0 bridgehead atoms. The molecule has 0 radical (unpaired) electrons. The van der Waals surface area contributed by atoms with E-state index in [1.165, 1.54) is 11.3 Å². The molecule has 1 nitrogen and oxygen atoms in total. The van der Waals surface area contributed by atoms with E-state index in [2.05, 4.69) is 31.4 Å². The minimum absolute atomic E-state index is 0. The zero-order valence-electron chi connectivity index (χ0n) is 8.19. The van der Waals surface area contributed by atoms with Crippen LogP contribution in [0.25, 0.3) is 0 Å². The molecule has 1 heterocycles. The summed E-state index contributed by atoms with van der Waals surface area (Å²) in [5.41, 5.74) is 6.00. The Labute approximate surface area is 90.8 Å². The second-order valence-corrected chi connectivity index (χ2v) is 4.57. The molecule has 0 aliphatic heterocycles. The van der Waals surface area contributed by atoms with Crippen molar-refractivity contribution in [3.8, 4) is 0 Å². The number of hydrogen-bond acceptors (Lipinski definition) is 2. The Kier molecular flexibility index (Phi) is 6.39. The SMILES string of the molecule is CC(C)CC[C@H](N)c1cccs1.Cl. The molecular formula is C10H18ClNS. The molecule has 13 heavy (non-hydrogen) atoms. The Bertz CT molecular complexity index is 209. The van der Waals surface area contributed by atoms with Crippen LogP contribution in [-0.2, 0) is 0 Å². The molecule has 1 atom stereocenters. The minimum Gasteiger partial charge on any atom is -0.323 e. The lowest BCUT2D eigenvalue weighted by atomic mass is 10.0. The molecule has 0 aliphatic rings. The van der Waals surface area contributed by atoms with Crippen LogP contribution in [-0.4, -0.2) is 0 Å². The zero-order valence-corrected chi connectivity index (χ0v) is 9.83. The molecule has 0 aliphatic carbocycles. The van der Waals surface area contributed by atoms with Gasteiger partial charge in [-0.1, -0.05) is 19.9 Å². The summed E-state index contributed by atoms with van der Waals surface area (Å²) in [6.07, 6.45) is 2.33. The van der Waals surface area contributed by atoms with Crippen LogP contribution in [0.4, 0.5) is 0 Å². The van der Waals surface area contributed by atoms with Gasteiger partial charge in [0, 0.05) is 10.9 Å². The second kappa shape index (κ2) is 6.41. The molecular weight excluding hydrogens is 202 g/mol. The fourth-order valence-corrected chi connectivity index (χ4v) is 1.92. The monoisotopic (exact) mass is 219 g/mol. The quantitative estimate of drug-likeness (QED) is 0.823. The highest BCUT2D eigenvalue weighted by atomic mass is 35.5. The molecule has 1 aromatic rings. The fraction of sp³-hybridized carbons (Fsp3) is 0.600. The van der Waals surface area contributed by atoms with Gasteiger partial charge in [0.05, 0.1) is 0 Å². The molecule has 76 valence electrons. The first kappa shape index (κ1) is 12.9. The van der Waals surface area contributed by atoms with Crippen LogP contribution in [0.1, 0.15) is 37.6 Å². The Balaban J connectivity index is 0.00000144. The first-order chi connectivity index (χ1) is 5.70. The summed E-state index contributed by atoms with van der Waals surface area (Å²) in [6.45, 7) is 4.47. The average Bonchev–Trinajstić information content (AvgIpc) is 2.51. The summed E-state index contributed by atoms with van der Waals surface area (Å²) < 4.78 is 0. The lowest BCUT2D eigenvalue weighted by molar-refractivity contribution is 0.510. The van der Waals surface area contributed by atoms with Crippen molar-refractivity contribution < 1.29 is 0 Å². The molecule has 0 unspecified atom stereocenters. The Morgan fingerprint density at radius 3 is 2.54 bits per heavy atom.